The van der Waals surface area contributed by atoms with Crippen molar-refractivity contribution < 1.29 is 0 Å². The van der Waals surface area contributed by atoms with E-state index >= 15 is 0 Å². The highest BCUT2D eigenvalue weighted by atomic mass is 32.1. The van der Waals surface area contributed by atoms with Crippen LogP contribution in [0.25, 0.3) is 86.6 Å². The van der Waals surface area contributed by atoms with Gasteiger partial charge in [-0.25, -0.2) is 0 Å². The molecular weight excluding hydrogens is 887 g/mol. The van der Waals surface area contributed by atoms with Gasteiger partial charge in [-0.05, 0) is 143 Å². The summed E-state index contributed by atoms with van der Waals surface area (Å²) in [6, 6.07) is 89.4. The van der Waals surface area contributed by atoms with E-state index in [9.17, 15) is 0 Å². The molecule has 0 bridgehead atoms. The zero-order chi connectivity index (χ0) is 47.7. The quantitative estimate of drug-likeness (QED) is 0.161. The average Bonchev–Trinajstić information content (AvgIpc) is 4.17. The van der Waals surface area contributed by atoms with E-state index in [0.717, 1.165) is 29.9 Å². The Balaban J connectivity index is 0.928. The number of anilines is 3. The number of nitrogens with zero attached hydrogens (tertiary/aromatic N) is 1. The van der Waals surface area contributed by atoms with E-state index in [1.54, 1.807) is 0 Å². The Labute approximate surface area is 425 Å². The third-order valence-electron chi connectivity index (χ3n) is 16.7. The molecule has 1 unspecified atom stereocenters. The van der Waals surface area contributed by atoms with E-state index in [1.807, 2.05) is 11.3 Å². The van der Waals surface area contributed by atoms with Gasteiger partial charge in [0.15, 0.2) is 0 Å². The van der Waals surface area contributed by atoms with E-state index in [2.05, 4.69) is 255 Å². The predicted octanol–water partition coefficient (Wildman–Crippen LogP) is 19.2. The number of rotatable bonds is 6. The van der Waals surface area contributed by atoms with Crippen molar-refractivity contribution in [1.82, 2.24) is 0 Å². The number of hydrogen-bond donors (Lipinski definition) is 0. The van der Waals surface area contributed by atoms with Crippen LogP contribution in [0.1, 0.15) is 53.6 Å². The van der Waals surface area contributed by atoms with Gasteiger partial charge < -0.3 is 4.90 Å². The summed E-state index contributed by atoms with van der Waals surface area (Å²) >= 11 is 1.91. The second-order valence-corrected chi connectivity index (χ2v) is 21.7. The van der Waals surface area contributed by atoms with Crippen LogP contribution in [0.2, 0.25) is 0 Å². The summed E-state index contributed by atoms with van der Waals surface area (Å²) in [6.45, 7) is 4.78. The Hall–Kier alpha value is -8.30. The lowest BCUT2D eigenvalue weighted by atomic mass is 9.73. The van der Waals surface area contributed by atoms with Gasteiger partial charge in [0.25, 0.3) is 0 Å². The third kappa shape index (κ3) is 5.82. The number of para-hydroxylation sites is 1. The van der Waals surface area contributed by atoms with Gasteiger partial charge in [-0.1, -0.05) is 214 Å². The lowest BCUT2D eigenvalue weighted by Gasteiger charge is -2.32. The number of thiophene rings is 1. The molecule has 3 aliphatic rings. The molecule has 0 saturated carbocycles. The SMILES string of the molecule is CC1(C)c2ccccc2-c2cccc(-c3ccccc3-c3ccc(N(c4ccc5c(c4)C4(CCc6ccccc64)c4ccccc4-5)c4ccccc4-c4cccc5sc6c7ccccc7ccc6c45)cc3)c21. The topological polar surface area (TPSA) is 3.24 Å². The van der Waals surface area contributed by atoms with Crippen molar-refractivity contribution in [3.8, 4) is 55.6 Å². The Kier molecular flexibility index (Phi) is 8.99. The highest BCUT2D eigenvalue weighted by molar-refractivity contribution is 7.26. The fraction of sp³-hybridized carbons (Fsp3) is 0.0857. The molecule has 0 amide bonds. The second-order valence-electron chi connectivity index (χ2n) is 20.6. The van der Waals surface area contributed by atoms with Crippen LogP contribution in [-0.4, -0.2) is 0 Å². The molecule has 72 heavy (non-hydrogen) atoms. The van der Waals surface area contributed by atoms with Crippen molar-refractivity contribution in [1.29, 1.82) is 0 Å². The minimum absolute atomic E-state index is 0.128. The molecule has 15 rings (SSSR count). The minimum atomic E-state index is -0.213. The van der Waals surface area contributed by atoms with Gasteiger partial charge in [-0.3, -0.25) is 0 Å². The monoisotopic (exact) mass is 935 g/mol. The number of hydrogen-bond acceptors (Lipinski definition) is 2. The molecule has 2 heteroatoms. The molecule has 1 atom stereocenters. The fourth-order valence-corrected chi connectivity index (χ4v) is 14.9. The molecule has 1 aromatic heterocycles. The maximum Gasteiger partial charge on any atom is 0.0540 e. The Morgan fingerprint density at radius 1 is 0.403 bits per heavy atom. The van der Waals surface area contributed by atoms with E-state index in [1.165, 1.54) is 120 Å². The summed E-state index contributed by atoms with van der Waals surface area (Å²) in [5.74, 6) is 0. The summed E-state index contributed by atoms with van der Waals surface area (Å²) in [6.07, 6.45) is 2.12. The molecule has 3 aliphatic carbocycles. The molecule has 1 nitrogen and oxygen atoms in total. The van der Waals surface area contributed by atoms with E-state index < -0.39 is 0 Å². The van der Waals surface area contributed by atoms with Crippen LogP contribution in [0.4, 0.5) is 17.1 Å². The highest BCUT2D eigenvalue weighted by Gasteiger charge is 2.48. The normalized spacial score (nSPS) is 15.7. The fourth-order valence-electron chi connectivity index (χ4n) is 13.6. The van der Waals surface area contributed by atoms with Crippen molar-refractivity contribution in [2.75, 3.05) is 4.90 Å². The first-order valence-corrected chi connectivity index (χ1v) is 26.3. The van der Waals surface area contributed by atoms with Gasteiger partial charge >= 0.3 is 0 Å². The van der Waals surface area contributed by atoms with Crippen LogP contribution >= 0.6 is 11.3 Å². The Morgan fingerprint density at radius 2 is 1.00 bits per heavy atom. The zero-order valence-electron chi connectivity index (χ0n) is 40.3. The molecule has 11 aromatic carbocycles. The molecule has 0 aliphatic heterocycles. The van der Waals surface area contributed by atoms with Crippen LogP contribution in [0.5, 0.6) is 0 Å². The number of benzene rings is 11. The molecule has 340 valence electrons. The molecule has 0 radical (unpaired) electrons. The summed E-state index contributed by atoms with van der Waals surface area (Å²) in [7, 11) is 0. The molecule has 1 spiro atoms. The van der Waals surface area contributed by atoms with Gasteiger partial charge in [-0.15, -0.1) is 11.3 Å². The van der Waals surface area contributed by atoms with Gasteiger partial charge in [0.2, 0.25) is 0 Å². The van der Waals surface area contributed by atoms with Gasteiger partial charge in [0.1, 0.15) is 0 Å². The number of fused-ring (bicyclic) bond motifs is 15. The van der Waals surface area contributed by atoms with Crippen LogP contribution in [0, 0.1) is 0 Å². The summed E-state index contributed by atoms with van der Waals surface area (Å²) in [4.78, 5) is 2.54. The molecule has 0 N–H and O–H groups in total. The summed E-state index contributed by atoms with van der Waals surface area (Å²) in [5.41, 5.74) is 24.4. The second kappa shape index (κ2) is 15.6. The van der Waals surface area contributed by atoms with Crippen LogP contribution in [0.3, 0.4) is 0 Å². The number of aryl methyl sites for hydroxylation is 1. The van der Waals surface area contributed by atoms with Gasteiger partial charge in [0, 0.05) is 47.9 Å². The van der Waals surface area contributed by atoms with Crippen molar-refractivity contribution in [2.24, 2.45) is 0 Å². The third-order valence-corrected chi connectivity index (χ3v) is 17.9. The van der Waals surface area contributed by atoms with Crippen molar-refractivity contribution >= 4 is 59.3 Å². The molecule has 0 saturated heterocycles. The van der Waals surface area contributed by atoms with E-state index in [0.29, 0.717) is 0 Å². The van der Waals surface area contributed by atoms with Crippen molar-refractivity contribution in [2.45, 2.75) is 37.5 Å². The smallest absolute Gasteiger partial charge is 0.0540 e. The first-order chi connectivity index (χ1) is 35.5. The van der Waals surface area contributed by atoms with Crippen LogP contribution in [-0.2, 0) is 17.3 Å². The lowest BCUT2D eigenvalue weighted by Crippen LogP contribution is -2.24. The van der Waals surface area contributed by atoms with Crippen molar-refractivity contribution in [3.63, 3.8) is 0 Å². The van der Waals surface area contributed by atoms with Crippen LogP contribution < -0.4 is 4.90 Å². The highest BCUT2D eigenvalue weighted by Crippen LogP contribution is 2.60. The predicted molar refractivity (Wildman–Crippen MR) is 305 cm³/mol. The van der Waals surface area contributed by atoms with Gasteiger partial charge in [0.05, 0.1) is 5.69 Å². The molecular formula is C70H49NS. The maximum absolute atomic E-state index is 2.54. The van der Waals surface area contributed by atoms with E-state index in [-0.39, 0.29) is 10.8 Å². The largest absolute Gasteiger partial charge is 0.310 e. The van der Waals surface area contributed by atoms with Crippen LogP contribution in [0.15, 0.2) is 237 Å². The summed E-state index contributed by atoms with van der Waals surface area (Å²) in [5, 5.41) is 5.21. The molecule has 12 aromatic rings. The average molecular weight is 936 g/mol. The maximum atomic E-state index is 2.54. The van der Waals surface area contributed by atoms with Gasteiger partial charge in [-0.2, -0.15) is 0 Å². The minimum Gasteiger partial charge on any atom is -0.310 e. The lowest BCUT2D eigenvalue weighted by molar-refractivity contribution is 0.626. The Morgan fingerprint density at radius 3 is 1.83 bits per heavy atom. The molecule has 0 fully saturated rings. The first-order valence-electron chi connectivity index (χ1n) is 25.5. The zero-order valence-corrected chi connectivity index (χ0v) is 41.1. The summed E-state index contributed by atoms with van der Waals surface area (Å²) < 4.78 is 2.64. The standard InChI is InChI=1S/C70H49NS/c1-69(2)61-29-12-8-23-53(61)58-27-15-26-57(67(58)69)51-21-7-6-19-49(51)45-33-36-47(37-34-45)71(48-38-40-54-52-22-9-13-30-62(52)70(63(54)43-48)42-41-46-18-4-11-28-60(46)70)64-31-14-10-24-55(64)56-25-16-32-65-66(56)59-39-35-44-17-3-5-20-50(44)68(59)72-65/h3-40,43H,41-42H2,1-2H3. The first kappa shape index (κ1) is 41.5. The Bertz CT molecular complexity index is 4210. The molecule has 1 heterocycles. The van der Waals surface area contributed by atoms with Crippen molar-refractivity contribution in [3.05, 3.63) is 270 Å². The van der Waals surface area contributed by atoms with E-state index in [4.69, 9.17) is 0 Å².